The number of hydrogen-bond donors (Lipinski definition) is 2. The molecule has 1 aliphatic heterocycles. The van der Waals surface area contributed by atoms with Gasteiger partial charge in [-0.1, -0.05) is 29.8 Å². The highest BCUT2D eigenvalue weighted by Gasteiger charge is 2.46. The van der Waals surface area contributed by atoms with E-state index in [1.807, 2.05) is 36.4 Å². The molecule has 2 heterocycles. The van der Waals surface area contributed by atoms with Crippen LogP contribution in [0.2, 0.25) is 5.02 Å². The fourth-order valence-corrected chi connectivity index (χ4v) is 6.01. The topological polar surface area (TPSA) is 91.9 Å². The Morgan fingerprint density at radius 2 is 1.97 bits per heavy atom. The summed E-state index contributed by atoms with van der Waals surface area (Å²) >= 11 is 6.27. The highest BCUT2D eigenvalue weighted by atomic mass is 35.5. The van der Waals surface area contributed by atoms with Crippen LogP contribution in [0.5, 0.6) is 5.75 Å². The van der Waals surface area contributed by atoms with Gasteiger partial charge in [0.25, 0.3) is 0 Å². The molecule has 1 saturated heterocycles. The lowest BCUT2D eigenvalue weighted by Gasteiger charge is -2.52. The smallest absolute Gasteiger partial charge is 0.303 e. The minimum Gasteiger partial charge on any atom is -0.495 e. The Kier molecular flexibility index (Phi) is 7.96. The van der Waals surface area contributed by atoms with Gasteiger partial charge in [-0.2, -0.15) is 0 Å². The van der Waals surface area contributed by atoms with Crippen molar-refractivity contribution in [3.8, 4) is 5.75 Å². The Morgan fingerprint density at radius 3 is 2.62 bits per heavy atom. The number of rotatable bonds is 7. The van der Waals surface area contributed by atoms with Crippen LogP contribution in [0, 0.1) is 17.9 Å². The van der Waals surface area contributed by atoms with E-state index >= 15 is 0 Å². The SMILES string of the molecule is Cl.[C-]#[N+]c1ccc2c(N3CCC4(CC3)CC(CC(=O)O)C4)nnc(NCc3ccc(OC)c(Cl)c3)c2c1. The maximum Gasteiger partial charge on any atom is 0.303 e. The van der Waals surface area contributed by atoms with E-state index in [1.54, 1.807) is 7.11 Å². The molecule has 1 aliphatic carbocycles. The van der Waals surface area contributed by atoms with Gasteiger partial charge >= 0.3 is 5.97 Å². The molecule has 2 aromatic carbocycles. The summed E-state index contributed by atoms with van der Waals surface area (Å²) in [5, 5.41) is 23.9. The van der Waals surface area contributed by atoms with Crippen LogP contribution in [0.4, 0.5) is 17.3 Å². The number of halogens is 2. The number of methoxy groups -OCH3 is 1. The van der Waals surface area contributed by atoms with Crippen LogP contribution >= 0.6 is 24.0 Å². The summed E-state index contributed by atoms with van der Waals surface area (Å²) in [7, 11) is 1.59. The number of aliphatic carboxylic acids is 1. The number of benzene rings is 2. The van der Waals surface area contributed by atoms with Crippen molar-refractivity contribution in [2.24, 2.45) is 11.3 Å². The number of fused-ring (bicyclic) bond motifs is 1. The van der Waals surface area contributed by atoms with E-state index in [-0.39, 0.29) is 24.2 Å². The van der Waals surface area contributed by atoms with Crippen LogP contribution in [0.25, 0.3) is 15.6 Å². The number of hydrogen-bond acceptors (Lipinski definition) is 6. The second kappa shape index (κ2) is 11.0. The maximum atomic E-state index is 11.0. The second-order valence-electron chi connectivity index (χ2n) is 9.90. The van der Waals surface area contributed by atoms with Gasteiger partial charge in [0.05, 0.1) is 18.7 Å². The van der Waals surface area contributed by atoms with Crippen molar-refractivity contribution in [1.29, 1.82) is 0 Å². The van der Waals surface area contributed by atoms with Crippen LogP contribution in [0.3, 0.4) is 0 Å². The highest BCUT2D eigenvalue weighted by Crippen LogP contribution is 2.54. The molecule has 1 aromatic heterocycles. The molecule has 3 aromatic rings. The predicted molar refractivity (Wildman–Crippen MR) is 147 cm³/mol. The fraction of sp³-hybridized carbons (Fsp3) is 0.407. The molecular weight excluding hydrogens is 513 g/mol. The maximum absolute atomic E-state index is 11.0. The third kappa shape index (κ3) is 5.53. The van der Waals surface area contributed by atoms with Crippen LogP contribution in [-0.2, 0) is 11.3 Å². The summed E-state index contributed by atoms with van der Waals surface area (Å²) in [6.07, 6.45) is 4.36. The van der Waals surface area contributed by atoms with Crippen LogP contribution in [0.15, 0.2) is 36.4 Å². The molecule has 0 atom stereocenters. The van der Waals surface area contributed by atoms with E-state index in [9.17, 15) is 4.79 Å². The second-order valence-corrected chi connectivity index (χ2v) is 10.3. The molecule has 8 nitrogen and oxygen atoms in total. The Balaban J connectivity index is 0.00000320. The summed E-state index contributed by atoms with van der Waals surface area (Å²) in [6, 6.07) is 11.3. The number of piperidine rings is 1. The van der Waals surface area contributed by atoms with Gasteiger partial charge in [-0.3, -0.25) is 4.79 Å². The van der Waals surface area contributed by atoms with E-state index in [0.717, 1.165) is 60.9 Å². The number of aromatic nitrogens is 2. The van der Waals surface area contributed by atoms with Gasteiger partial charge in [0, 0.05) is 36.8 Å². The van der Waals surface area contributed by atoms with Crippen molar-refractivity contribution >= 4 is 58.1 Å². The third-order valence-corrected chi connectivity index (χ3v) is 7.87. The molecule has 1 saturated carbocycles. The minimum absolute atomic E-state index is 0. The van der Waals surface area contributed by atoms with Gasteiger partial charge in [-0.25, -0.2) is 4.85 Å². The summed E-state index contributed by atoms with van der Waals surface area (Å²) in [5.41, 5.74) is 1.80. The zero-order valence-electron chi connectivity index (χ0n) is 20.5. The third-order valence-electron chi connectivity index (χ3n) is 7.58. The number of nitrogens with one attached hydrogen (secondary N) is 1. The van der Waals surface area contributed by atoms with Crippen molar-refractivity contribution in [3.05, 3.63) is 58.4 Å². The van der Waals surface area contributed by atoms with E-state index in [4.69, 9.17) is 28.0 Å². The lowest BCUT2D eigenvalue weighted by Crippen LogP contribution is -2.47. The van der Waals surface area contributed by atoms with Crippen molar-refractivity contribution in [2.75, 3.05) is 30.4 Å². The zero-order valence-corrected chi connectivity index (χ0v) is 22.1. The average Bonchev–Trinajstić information content (AvgIpc) is 2.86. The van der Waals surface area contributed by atoms with Crippen molar-refractivity contribution in [3.63, 3.8) is 0 Å². The summed E-state index contributed by atoms with van der Waals surface area (Å²) in [5.74, 6) is 1.69. The Bertz CT molecular complexity index is 1340. The van der Waals surface area contributed by atoms with Crippen molar-refractivity contribution in [1.82, 2.24) is 10.2 Å². The molecule has 1 spiro atoms. The summed E-state index contributed by atoms with van der Waals surface area (Å²) < 4.78 is 5.23. The van der Waals surface area contributed by atoms with E-state index in [2.05, 4.69) is 25.3 Å². The molecule has 37 heavy (non-hydrogen) atoms. The van der Waals surface area contributed by atoms with Gasteiger partial charge in [0.1, 0.15) is 5.75 Å². The Morgan fingerprint density at radius 1 is 1.22 bits per heavy atom. The number of carboxylic acids is 1. The van der Waals surface area contributed by atoms with Crippen molar-refractivity contribution in [2.45, 2.75) is 38.6 Å². The van der Waals surface area contributed by atoms with Gasteiger partial charge in [-0.15, -0.1) is 22.6 Å². The largest absolute Gasteiger partial charge is 0.495 e. The first-order chi connectivity index (χ1) is 17.4. The average molecular weight is 542 g/mol. The van der Waals surface area contributed by atoms with Gasteiger partial charge in [-0.05, 0) is 60.8 Å². The first-order valence-corrected chi connectivity index (χ1v) is 12.5. The minimum atomic E-state index is -0.698. The van der Waals surface area contributed by atoms with Gasteiger partial charge in [0.2, 0.25) is 0 Å². The molecule has 2 N–H and O–H groups in total. The Hall–Kier alpha value is -3.28. The quantitative estimate of drug-likeness (QED) is 0.336. The van der Waals surface area contributed by atoms with E-state index in [1.165, 1.54) is 0 Å². The molecule has 194 valence electrons. The Labute approximate surface area is 227 Å². The molecule has 2 aliphatic rings. The first-order valence-electron chi connectivity index (χ1n) is 12.1. The molecular formula is C27H29Cl2N5O3. The lowest BCUT2D eigenvalue weighted by atomic mass is 9.57. The predicted octanol–water partition coefficient (Wildman–Crippen LogP) is 6.35. The fourth-order valence-electron chi connectivity index (χ4n) is 5.72. The first kappa shape index (κ1) is 26.8. The summed E-state index contributed by atoms with van der Waals surface area (Å²) in [4.78, 5) is 16.9. The van der Waals surface area contributed by atoms with Crippen molar-refractivity contribution < 1.29 is 14.6 Å². The van der Waals surface area contributed by atoms with E-state index < -0.39 is 5.97 Å². The molecule has 0 unspecified atom stereocenters. The zero-order chi connectivity index (χ0) is 25.3. The molecule has 10 heteroatoms. The normalized spacial score (nSPS) is 16.5. The highest BCUT2D eigenvalue weighted by molar-refractivity contribution is 6.32. The molecule has 2 fully saturated rings. The van der Waals surface area contributed by atoms with Crippen LogP contribution in [-0.4, -0.2) is 41.5 Å². The van der Waals surface area contributed by atoms with E-state index in [0.29, 0.717) is 34.7 Å². The number of carboxylic acid groups (broad SMARTS) is 1. The van der Waals surface area contributed by atoms with Gasteiger partial charge in [0.15, 0.2) is 17.3 Å². The number of nitrogens with zero attached hydrogens (tertiary/aromatic N) is 4. The number of ether oxygens (including phenoxy) is 1. The summed E-state index contributed by atoms with van der Waals surface area (Å²) in [6.45, 7) is 9.69. The molecule has 0 radical (unpaired) electrons. The molecule has 0 bridgehead atoms. The number of carbonyl (C=O) groups is 1. The lowest BCUT2D eigenvalue weighted by molar-refractivity contribution is -0.140. The molecule has 0 amide bonds. The van der Waals surface area contributed by atoms with Crippen LogP contribution in [0.1, 0.15) is 37.7 Å². The molecule has 5 rings (SSSR count). The monoisotopic (exact) mass is 541 g/mol. The van der Waals surface area contributed by atoms with Gasteiger partial charge < -0.3 is 20.1 Å². The number of anilines is 2. The standard InChI is InChI=1S/C27H28ClN5O3.ClH/c1-29-19-4-5-20-21(13-19)25(30-16-17-3-6-23(36-2)22(28)11-17)31-32-26(20)33-9-7-27(8-10-33)14-18(15-27)12-24(34)35;/h3-6,11,13,18H,7-10,12,14-16H2,2H3,(H,30,31)(H,34,35);1H. The van der Waals surface area contributed by atoms with Crippen LogP contribution < -0.4 is 15.0 Å².